The molecule has 0 bridgehead atoms. The van der Waals surface area contributed by atoms with Crippen molar-refractivity contribution in [1.29, 1.82) is 0 Å². The minimum absolute atomic E-state index is 0.0391. The van der Waals surface area contributed by atoms with Gasteiger partial charge in [-0.25, -0.2) is 4.98 Å². The van der Waals surface area contributed by atoms with Crippen molar-refractivity contribution >= 4 is 23.1 Å². The smallest absolute Gasteiger partial charge is 0.229 e. The average Bonchev–Trinajstić information content (AvgIpc) is 2.48. The average molecular weight is 299 g/mol. The molecule has 0 atom stereocenters. The summed E-state index contributed by atoms with van der Waals surface area (Å²) in [5.41, 5.74) is 1.13. The Hall–Kier alpha value is -2.56. The van der Waals surface area contributed by atoms with Crippen molar-refractivity contribution in [2.24, 2.45) is 5.41 Å². The molecule has 22 heavy (non-hydrogen) atoms. The predicted molar refractivity (Wildman–Crippen MR) is 88.6 cm³/mol. The highest BCUT2D eigenvalue weighted by atomic mass is 16.5. The molecule has 0 fully saturated rings. The molecule has 0 spiro atoms. The Morgan fingerprint density at radius 2 is 1.91 bits per heavy atom. The molecule has 0 aliphatic rings. The van der Waals surface area contributed by atoms with Crippen LogP contribution in [0.4, 0.5) is 17.2 Å². The summed E-state index contributed by atoms with van der Waals surface area (Å²) in [4.78, 5) is 16.2. The van der Waals surface area contributed by atoms with Gasteiger partial charge < -0.3 is 15.4 Å². The first-order chi connectivity index (χ1) is 10.4. The van der Waals surface area contributed by atoms with Gasteiger partial charge in [0.25, 0.3) is 0 Å². The van der Waals surface area contributed by atoms with E-state index < -0.39 is 5.41 Å². The van der Waals surface area contributed by atoms with Gasteiger partial charge in [0.2, 0.25) is 5.91 Å². The topological polar surface area (TPSA) is 63.2 Å². The molecule has 0 aliphatic carbocycles. The molecule has 116 valence electrons. The molecule has 0 radical (unpaired) electrons. The van der Waals surface area contributed by atoms with Gasteiger partial charge in [-0.15, -0.1) is 0 Å². The summed E-state index contributed by atoms with van der Waals surface area (Å²) in [5, 5.41) is 6.03. The Kier molecular flexibility index (Phi) is 4.65. The number of anilines is 3. The van der Waals surface area contributed by atoms with E-state index in [0.29, 0.717) is 11.5 Å². The third-order valence-corrected chi connectivity index (χ3v) is 3.04. The highest BCUT2D eigenvalue weighted by molar-refractivity contribution is 5.94. The molecular formula is C17H21N3O2. The van der Waals surface area contributed by atoms with Crippen LogP contribution >= 0.6 is 0 Å². The van der Waals surface area contributed by atoms with Gasteiger partial charge in [0.15, 0.2) is 0 Å². The van der Waals surface area contributed by atoms with Gasteiger partial charge in [0.1, 0.15) is 11.6 Å². The number of hydrogen-bond acceptors (Lipinski definition) is 4. The van der Waals surface area contributed by atoms with Crippen molar-refractivity contribution in [1.82, 2.24) is 4.98 Å². The normalized spacial score (nSPS) is 10.9. The molecule has 2 aromatic rings. The predicted octanol–water partition coefficient (Wildman–Crippen LogP) is 3.82. The first kappa shape index (κ1) is 15.8. The van der Waals surface area contributed by atoms with Gasteiger partial charge in [0, 0.05) is 17.2 Å². The Bertz CT molecular complexity index is 646. The number of amides is 1. The van der Waals surface area contributed by atoms with E-state index in [9.17, 15) is 4.79 Å². The van der Waals surface area contributed by atoms with Crippen LogP contribution in [-0.4, -0.2) is 18.0 Å². The van der Waals surface area contributed by atoms with Crippen molar-refractivity contribution in [2.75, 3.05) is 17.7 Å². The number of nitrogens with one attached hydrogen (secondary N) is 2. The van der Waals surface area contributed by atoms with E-state index in [1.165, 1.54) is 0 Å². The first-order valence-corrected chi connectivity index (χ1v) is 7.07. The van der Waals surface area contributed by atoms with Crippen LogP contribution in [-0.2, 0) is 4.79 Å². The molecule has 0 saturated heterocycles. The fraction of sp³-hybridized carbons (Fsp3) is 0.294. The van der Waals surface area contributed by atoms with Gasteiger partial charge in [-0.05, 0) is 24.3 Å². The van der Waals surface area contributed by atoms with Gasteiger partial charge in [-0.3, -0.25) is 4.79 Å². The lowest BCUT2D eigenvalue weighted by molar-refractivity contribution is -0.123. The van der Waals surface area contributed by atoms with E-state index in [0.717, 1.165) is 11.4 Å². The molecule has 1 heterocycles. The lowest BCUT2D eigenvalue weighted by Gasteiger charge is -2.17. The third kappa shape index (κ3) is 4.22. The van der Waals surface area contributed by atoms with Crippen LogP contribution in [0.15, 0.2) is 42.6 Å². The van der Waals surface area contributed by atoms with Crippen LogP contribution in [0.25, 0.3) is 0 Å². The third-order valence-electron chi connectivity index (χ3n) is 3.04. The highest BCUT2D eigenvalue weighted by Crippen LogP contribution is 2.21. The number of pyridine rings is 1. The number of benzene rings is 1. The fourth-order valence-corrected chi connectivity index (χ4v) is 1.71. The molecule has 1 aromatic carbocycles. The number of nitrogens with zero attached hydrogens (tertiary/aromatic N) is 1. The van der Waals surface area contributed by atoms with E-state index >= 15 is 0 Å². The number of ether oxygens (including phenoxy) is 1. The van der Waals surface area contributed by atoms with Gasteiger partial charge >= 0.3 is 0 Å². The molecule has 2 N–H and O–H groups in total. The zero-order valence-electron chi connectivity index (χ0n) is 13.3. The monoisotopic (exact) mass is 299 g/mol. The fourth-order valence-electron chi connectivity index (χ4n) is 1.71. The summed E-state index contributed by atoms with van der Waals surface area (Å²) in [6, 6.07) is 11.2. The summed E-state index contributed by atoms with van der Waals surface area (Å²) in [5.74, 6) is 1.43. The molecule has 0 aliphatic heterocycles. The van der Waals surface area contributed by atoms with E-state index in [1.54, 1.807) is 13.3 Å². The molecule has 1 aromatic heterocycles. The SMILES string of the molecule is COc1cccc(Nc2ccc(NC(=O)C(C)(C)C)cn2)c1. The zero-order chi connectivity index (χ0) is 16.2. The lowest BCUT2D eigenvalue weighted by atomic mass is 9.96. The maximum atomic E-state index is 11.9. The largest absolute Gasteiger partial charge is 0.497 e. The van der Waals surface area contributed by atoms with Gasteiger partial charge in [-0.2, -0.15) is 0 Å². The van der Waals surface area contributed by atoms with Crippen LogP contribution in [0.3, 0.4) is 0 Å². The second-order valence-electron chi connectivity index (χ2n) is 5.99. The van der Waals surface area contributed by atoms with Crippen LogP contribution < -0.4 is 15.4 Å². The molecule has 5 nitrogen and oxygen atoms in total. The Morgan fingerprint density at radius 1 is 1.14 bits per heavy atom. The number of carbonyl (C=O) groups is 1. The maximum absolute atomic E-state index is 11.9. The van der Waals surface area contributed by atoms with E-state index in [1.807, 2.05) is 57.2 Å². The molecule has 0 saturated carbocycles. The molecule has 1 amide bonds. The van der Waals surface area contributed by atoms with Crippen molar-refractivity contribution < 1.29 is 9.53 Å². The Labute approximate surface area is 130 Å². The number of hydrogen-bond donors (Lipinski definition) is 2. The Morgan fingerprint density at radius 3 is 2.50 bits per heavy atom. The molecule has 0 unspecified atom stereocenters. The van der Waals surface area contributed by atoms with E-state index in [-0.39, 0.29) is 5.91 Å². The lowest BCUT2D eigenvalue weighted by Crippen LogP contribution is -2.27. The molecule has 5 heteroatoms. The number of methoxy groups -OCH3 is 1. The standard InChI is InChI=1S/C17H21N3O2/c1-17(2,3)16(21)20-13-8-9-15(18-11-13)19-12-6-5-7-14(10-12)22-4/h5-11H,1-4H3,(H,18,19)(H,20,21). The second kappa shape index (κ2) is 6.47. The summed E-state index contributed by atoms with van der Waals surface area (Å²) in [6.07, 6.45) is 1.63. The van der Waals surface area contributed by atoms with E-state index in [2.05, 4.69) is 15.6 Å². The van der Waals surface area contributed by atoms with E-state index in [4.69, 9.17) is 4.74 Å². The number of aromatic nitrogens is 1. The highest BCUT2D eigenvalue weighted by Gasteiger charge is 2.21. The number of rotatable bonds is 4. The van der Waals surface area contributed by atoms with Crippen molar-refractivity contribution in [3.8, 4) is 5.75 Å². The zero-order valence-corrected chi connectivity index (χ0v) is 13.3. The van der Waals surface area contributed by atoms with Crippen molar-refractivity contribution in [3.05, 3.63) is 42.6 Å². The second-order valence-corrected chi connectivity index (χ2v) is 5.99. The maximum Gasteiger partial charge on any atom is 0.229 e. The van der Waals surface area contributed by atoms with Gasteiger partial charge in [0.05, 0.1) is 19.0 Å². The minimum atomic E-state index is -0.433. The van der Waals surface area contributed by atoms with Crippen molar-refractivity contribution in [2.45, 2.75) is 20.8 Å². The van der Waals surface area contributed by atoms with Gasteiger partial charge in [-0.1, -0.05) is 26.8 Å². The van der Waals surface area contributed by atoms with Crippen LogP contribution in [0.5, 0.6) is 5.75 Å². The first-order valence-electron chi connectivity index (χ1n) is 7.07. The Balaban J connectivity index is 2.04. The molecule has 2 rings (SSSR count). The van der Waals surface area contributed by atoms with Crippen molar-refractivity contribution in [3.63, 3.8) is 0 Å². The summed E-state index contributed by atoms with van der Waals surface area (Å²) < 4.78 is 5.18. The van der Waals surface area contributed by atoms with Crippen LogP contribution in [0, 0.1) is 5.41 Å². The van der Waals surface area contributed by atoms with Crippen LogP contribution in [0.1, 0.15) is 20.8 Å². The quantitative estimate of drug-likeness (QED) is 0.901. The number of carbonyl (C=O) groups excluding carboxylic acids is 1. The summed E-state index contributed by atoms with van der Waals surface area (Å²) >= 11 is 0. The van der Waals surface area contributed by atoms with Crippen LogP contribution in [0.2, 0.25) is 0 Å². The summed E-state index contributed by atoms with van der Waals surface area (Å²) in [6.45, 7) is 5.61. The minimum Gasteiger partial charge on any atom is -0.497 e. The molecular weight excluding hydrogens is 278 g/mol. The summed E-state index contributed by atoms with van der Waals surface area (Å²) in [7, 11) is 1.63.